The van der Waals surface area contributed by atoms with Crippen LogP contribution in [-0.4, -0.2) is 5.11 Å². The molecule has 290 valence electrons. The molecule has 0 N–H and O–H groups in total. The summed E-state index contributed by atoms with van der Waals surface area (Å²) in [5.74, 6) is 0.550. The second-order valence-corrected chi connectivity index (χ2v) is 17.3. The summed E-state index contributed by atoms with van der Waals surface area (Å²) >= 11 is 1.12. The molecule has 8 rings (SSSR count). The molecule has 0 nitrogen and oxygen atoms in total. The molecule has 1 unspecified atom stereocenters. The molecule has 1 fully saturated rings. The number of fused-ring (bicyclic) bond motifs is 3. The van der Waals surface area contributed by atoms with Crippen molar-refractivity contribution in [2.75, 3.05) is 0 Å². The van der Waals surface area contributed by atoms with E-state index in [1.165, 1.54) is 87.7 Å². The van der Waals surface area contributed by atoms with Crippen LogP contribution in [0.3, 0.4) is 0 Å². The third-order valence-electron chi connectivity index (χ3n) is 11.0. The van der Waals surface area contributed by atoms with Crippen molar-refractivity contribution in [2.45, 2.75) is 112 Å². The summed E-state index contributed by atoms with van der Waals surface area (Å²) in [5, 5.41) is 3.38. The topological polar surface area (TPSA) is 0 Å². The molecular formula is C55H64Zn-4. The van der Waals surface area contributed by atoms with Gasteiger partial charge in [-0.15, -0.1) is 28.8 Å². The Morgan fingerprint density at radius 3 is 1.70 bits per heavy atom. The number of rotatable bonds is 3. The van der Waals surface area contributed by atoms with Gasteiger partial charge in [0, 0.05) is 0 Å². The Bertz CT molecular complexity index is 1880. The van der Waals surface area contributed by atoms with Gasteiger partial charge in [0.1, 0.15) is 0 Å². The molecule has 0 amide bonds. The second kappa shape index (κ2) is 20.5. The van der Waals surface area contributed by atoms with Crippen molar-refractivity contribution in [1.29, 1.82) is 0 Å². The Morgan fingerprint density at radius 1 is 0.679 bits per heavy atom. The molecule has 0 saturated heterocycles. The van der Waals surface area contributed by atoms with Crippen LogP contribution in [0.25, 0.3) is 33.4 Å². The van der Waals surface area contributed by atoms with E-state index in [2.05, 4.69) is 177 Å². The molecule has 56 heavy (non-hydrogen) atoms. The Balaban J connectivity index is 0.000000247. The molecule has 0 aliphatic heterocycles. The first-order chi connectivity index (χ1) is 26.8. The Hall–Kier alpha value is -3.93. The van der Waals surface area contributed by atoms with Crippen molar-refractivity contribution < 1.29 is 17.9 Å². The van der Waals surface area contributed by atoms with Gasteiger partial charge in [0.15, 0.2) is 0 Å². The molecule has 3 aliphatic carbocycles. The third kappa shape index (κ3) is 11.4. The number of hydrogen-bond donors (Lipinski definition) is 0. The summed E-state index contributed by atoms with van der Waals surface area (Å²) in [6.45, 7) is 23.5. The molecule has 0 spiro atoms. The zero-order valence-electron chi connectivity index (χ0n) is 36.0. The minimum absolute atomic E-state index is 0.0380. The molecule has 5 aromatic carbocycles. The zero-order valence-corrected chi connectivity index (χ0v) is 39.0. The van der Waals surface area contributed by atoms with Crippen molar-refractivity contribution in [2.24, 2.45) is 11.3 Å². The first-order valence-electron chi connectivity index (χ1n) is 20.7. The first-order valence-corrected chi connectivity index (χ1v) is 22.7. The van der Waals surface area contributed by atoms with Crippen LogP contribution >= 0.6 is 0 Å². The largest absolute Gasteiger partial charge is 0.184 e. The van der Waals surface area contributed by atoms with Gasteiger partial charge in [-0.3, -0.25) is 6.08 Å². The van der Waals surface area contributed by atoms with Crippen LogP contribution in [0, 0.1) is 36.5 Å². The smallest absolute Gasteiger partial charge is 0.171 e. The Labute approximate surface area is 351 Å². The van der Waals surface area contributed by atoms with Crippen LogP contribution in [-0.2, 0) is 35.1 Å². The Kier molecular flexibility index (Phi) is 16.4. The van der Waals surface area contributed by atoms with Crippen LogP contribution in [0.4, 0.5) is 0 Å². The predicted molar refractivity (Wildman–Crippen MR) is 241 cm³/mol. The minimum Gasteiger partial charge on any atom is -0.184 e. The molecule has 1 saturated carbocycles. The molecule has 3 aliphatic rings. The van der Waals surface area contributed by atoms with Gasteiger partial charge >= 0.3 is 23.0 Å². The summed E-state index contributed by atoms with van der Waals surface area (Å²) in [5.41, 5.74) is 15.5. The van der Waals surface area contributed by atoms with E-state index in [0.29, 0.717) is 11.3 Å². The first kappa shape index (κ1) is 44.8. The maximum atomic E-state index is 3.88. The van der Waals surface area contributed by atoms with Crippen molar-refractivity contribution in [3.8, 4) is 33.4 Å². The van der Waals surface area contributed by atoms with Crippen LogP contribution in [0.5, 0.6) is 0 Å². The number of hydrogen-bond acceptors (Lipinski definition) is 0. The van der Waals surface area contributed by atoms with Gasteiger partial charge in [-0.25, -0.2) is 6.08 Å². The molecule has 0 heterocycles. The maximum absolute atomic E-state index is 3.88. The minimum atomic E-state index is 0.0380. The molecule has 0 bridgehead atoms. The SMILES string of the molecule is CC(C)(C)c1cc2c([c-]c1-c1ccccc1)Cc1cc(-c3ccccc3)c(C(C)(C)C)cc1-2.CC1[C-]=CC(C2(C)CCCCC2)=C1.[CH2-]C.[CH2]=[Zn].[c-]1ccccc1. The standard InChI is InChI=1S/C33H33.C13H19.C6H5.C2H5.CH2.Zn/c1-32(2,3)30-20-26-24(18-28(30)22-13-9-7-10-14-22)17-25-19-29(23-15-11-8-12-16-23)31(21-27(25)26)33(4,5)6;1-11-6-7-12(10-11)13(2)8-4-3-5-9-13;1-2-4-6-5-3-1;1-2;;/h7-16,18,20-21H,17H2,1-6H3;7,10-11H,3-5,8-9H2,1-2H3;1-5H;1H2,2H3;1H2;/q4*-1;;. The monoisotopic (exact) mass is 788 g/mol. The van der Waals surface area contributed by atoms with E-state index in [9.17, 15) is 0 Å². The summed E-state index contributed by atoms with van der Waals surface area (Å²) < 4.78 is 0. The van der Waals surface area contributed by atoms with Crippen molar-refractivity contribution >= 4 is 5.11 Å². The molecule has 0 aromatic heterocycles. The van der Waals surface area contributed by atoms with Crippen LogP contribution in [0.1, 0.15) is 117 Å². The molecule has 0 radical (unpaired) electrons. The van der Waals surface area contributed by atoms with Crippen molar-refractivity contribution in [3.63, 3.8) is 0 Å². The average molecular weight is 791 g/mol. The fourth-order valence-corrected chi connectivity index (χ4v) is 8.03. The van der Waals surface area contributed by atoms with E-state index in [-0.39, 0.29) is 10.8 Å². The number of benzene rings is 5. The summed E-state index contributed by atoms with van der Waals surface area (Å²) in [7, 11) is 0. The third-order valence-corrected chi connectivity index (χ3v) is 11.0. The predicted octanol–water partition coefficient (Wildman–Crippen LogP) is 15.2. The van der Waals surface area contributed by atoms with Gasteiger partial charge in [0.25, 0.3) is 0 Å². The average Bonchev–Trinajstić information content (AvgIpc) is 3.83. The zero-order chi connectivity index (χ0) is 40.9. The van der Waals surface area contributed by atoms with E-state index >= 15 is 0 Å². The fourth-order valence-electron chi connectivity index (χ4n) is 8.03. The summed E-state index contributed by atoms with van der Waals surface area (Å²) in [6, 6.07) is 45.3. The molecule has 1 heteroatoms. The van der Waals surface area contributed by atoms with Crippen molar-refractivity contribution in [3.05, 3.63) is 174 Å². The van der Waals surface area contributed by atoms with Crippen LogP contribution in [0.2, 0.25) is 0 Å². The van der Waals surface area contributed by atoms with E-state index in [4.69, 9.17) is 0 Å². The van der Waals surface area contributed by atoms with Gasteiger partial charge in [-0.05, 0) is 39.5 Å². The van der Waals surface area contributed by atoms with Gasteiger partial charge in [0.2, 0.25) is 0 Å². The normalized spacial score (nSPS) is 16.1. The molecule has 5 aromatic rings. The van der Waals surface area contributed by atoms with Crippen LogP contribution < -0.4 is 0 Å². The Morgan fingerprint density at radius 2 is 1.21 bits per heavy atom. The van der Waals surface area contributed by atoms with Gasteiger partial charge in [-0.1, -0.05) is 188 Å². The second-order valence-electron chi connectivity index (χ2n) is 17.3. The van der Waals surface area contributed by atoms with Gasteiger partial charge in [-0.2, -0.15) is 55.0 Å². The maximum Gasteiger partial charge on any atom is -0.171 e. The summed E-state index contributed by atoms with van der Waals surface area (Å²) in [4.78, 5) is 0. The molecule has 1 atom stereocenters. The van der Waals surface area contributed by atoms with Crippen LogP contribution in [0.15, 0.2) is 127 Å². The van der Waals surface area contributed by atoms with Crippen molar-refractivity contribution in [1.82, 2.24) is 0 Å². The fraction of sp³-hybridized carbons (Fsp3) is 0.345. The van der Waals surface area contributed by atoms with E-state index in [0.717, 1.165) is 24.3 Å². The number of allylic oxidation sites excluding steroid dienone is 4. The van der Waals surface area contributed by atoms with Gasteiger partial charge < -0.3 is 6.92 Å². The van der Waals surface area contributed by atoms with E-state index in [1.807, 2.05) is 30.3 Å². The molecular weight excluding hydrogens is 726 g/mol. The van der Waals surface area contributed by atoms with E-state index < -0.39 is 0 Å². The van der Waals surface area contributed by atoms with Gasteiger partial charge in [0.05, 0.1) is 0 Å². The van der Waals surface area contributed by atoms with E-state index in [1.54, 1.807) is 12.5 Å². The summed E-state index contributed by atoms with van der Waals surface area (Å²) in [6.07, 6.45) is 16.0. The quantitative estimate of drug-likeness (QED) is 0.124.